The summed E-state index contributed by atoms with van der Waals surface area (Å²) in [5, 5.41) is 6.67. The number of carbonyl (C=O) groups is 2. The van der Waals surface area contributed by atoms with Crippen molar-refractivity contribution in [2.45, 2.75) is 115 Å². The molecule has 0 heterocycles. The van der Waals surface area contributed by atoms with Crippen LogP contribution in [0.5, 0.6) is 0 Å². The lowest BCUT2D eigenvalue weighted by Gasteiger charge is -2.62. The van der Waals surface area contributed by atoms with E-state index >= 15 is 0 Å². The van der Waals surface area contributed by atoms with Crippen molar-refractivity contribution in [3.8, 4) is 0 Å². The van der Waals surface area contributed by atoms with E-state index in [1.807, 2.05) is 0 Å². The molecule has 4 heteroatoms. The summed E-state index contributed by atoms with van der Waals surface area (Å²) in [4.78, 5) is 25.7. The number of hydrogen-bond acceptors (Lipinski definition) is 2. The molecule has 0 atom stereocenters. The molecule has 156 valence electrons. The van der Waals surface area contributed by atoms with Crippen LogP contribution in [-0.4, -0.2) is 23.9 Å². The molecule has 6 aliphatic carbocycles. The lowest BCUT2D eigenvalue weighted by Crippen LogP contribution is -2.54. The van der Waals surface area contributed by atoms with E-state index in [0.29, 0.717) is 36.7 Å². The second-order valence-corrected chi connectivity index (χ2v) is 11.4. The molecule has 6 fully saturated rings. The van der Waals surface area contributed by atoms with Crippen molar-refractivity contribution in [1.29, 1.82) is 0 Å². The van der Waals surface area contributed by atoms with E-state index in [2.05, 4.69) is 10.6 Å². The maximum atomic E-state index is 12.8. The van der Waals surface area contributed by atoms with Gasteiger partial charge in [0.05, 0.1) is 0 Å². The molecule has 28 heavy (non-hydrogen) atoms. The summed E-state index contributed by atoms with van der Waals surface area (Å²) in [5.41, 5.74) is 0.362. The number of hydrogen-bond donors (Lipinski definition) is 2. The normalized spacial score (nSPS) is 40.1. The van der Waals surface area contributed by atoms with Gasteiger partial charge in [-0.05, 0) is 86.9 Å². The van der Waals surface area contributed by atoms with Crippen LogP contribution in [0.25, 0.3) is 0 Å². The van der Waals surface area contributed by atoms with Gasteiger partial charge in [0.1, 0.15) is 0 Å². The predicted octanol–water partition coefficient (Wildman–Crippen LogP) is 4.47. The summed E-state index contributed by atoms with van der Waals surface area (Å²) in [6, 6.07) is 0.847. The molecule has 0 spiro atoms. The Bertz CT molecular complexity index is 554. The molecule has 6 saturated carbocycles. The smallest absolute Gasteiger partial charge is 0.220 e. The number of carbonyl (C=O) groups excluding carboxylic acids is 2. The standard InChI is InChI=1S/C24H38N2O2/c27-21(25-19-5-1-2-6-19)14-23-10-17-9-18(11-23)13-24(12-17,16-23)15-22(28)26-20-7-3-4-8-20/h17-20H,1-16H2,(H,25,27)(H,26,28). The highest BCUT2D eigenvalue weighted by atomic mass is 16.2. The van der Waals surface area contributed by atoms with Crippen LogP contribution in [0.1, 0.15) is 103 Å². The highest BCUT2D eigenvalue weighted by molar-refractivity contribution is 5.78. The van der Waals surface area contributed by atoms with E-state index < -0.39 is 0 Å². The van der Waals surface area contributed by atoms with Crippen molar-refractivity contribution in [3.05, 3.63) is 0 Å². The molecule has 0 aliphatic heterocycles. The predicted molar refractivity (Wildman–Crippen MR) is 110 cm³/mol. The molecule has 0 radical (unpaired) electrons. The monoisotopic (exact) mass is 386 g/mol. The van der Waals surface area contributed by atoms with Gasteiger partial charge in [0.2, 0.25) is 11.8 Å². The van der Waals surface area contributed by atoms with Crippen molar-refractivity contribution >= 4 is 11.8 Å². The fourth-order valence-corrected chi connectivity index (χ4v) is 8.44. The molecule has 0 saturated heterocycles. The van der Waals surface area contributed by atoms with Crippen molar-refractivity contribution in [2.24, 2.45) is 22.7 Å². The average Bonchev–Trinajstić information content (AvgIpc) is 3.26. The van der Waals surface area contributed by atoms with Crippen LogP contribution in [-0.2, 0) is 9.59 Å². The van der Waals surface area contributed by atoms with Gasteiger partial charge in [-0.15, -0.1) is 0 Å². The first-order valence-electron chi connectivity index (χ1n) is 12.1. The summed E-state index contributed by atoms with van der Waals surface area (Å²) < 4.78 is 0. The van der Waals surface area contributed by atoms with Gasteiger partial charge >= 0.3 is 0 Å². The number of amides is 2. The molecule has 2 amide bonds. The highest BCUT2D eigenvalue weighted by Crippen LogP contribution is 2.67. The Morgan fingerprint density at radius 1 is 0.679 bits per heavy atom. The minimum absolute atomic E-state index is 0.181. The number of nitrogens with one attached hydrogen (secondary N) is 2. The fourth-order valence-electron chi connectivity index (χ4n) is 8.44. The van der Waals surface area contributed by atoms with E-state index in [9.17, 15) is 9.59 Å². The van der Waals surface area contributed by atoms with Gasteiger partial charge in [0.15, 0.2) is 0 Å². The van der Waals surface area contributed by atoms with E-state index in [4.69, 9.17) is 0 Å². The summed E-state index contributed by atoms with van der Waals surface area (Å²) in [5.74, 6) is 2.08. The third-order valence-electron chi connectivity index (χ3n) is 8.82. The maximum Gasteiger partial charge on any atom is 0.220 e. The van der Waals surface area contributed by atoms with Crippen LogP contribution >= 0.6 is 0 Å². The molecule has 2 N–H and O–H groups in total. The molecule has 0 unspecified atom stereocenters. The van der Waals surface area contributed by atoms with Crippen molar-refractivity contribution in [1.82, 2.24) is 10.6 Å². The highest BCUT2D eigenvalue weighted by Gasteiger charge is 2.58. The minimum Gasteiger partial charge on any atom is -0.353 e. The van der Waals surface area contributed by atoms with Crippen LogP contribution in [0.2, 0.25) is 0 Å². The van der Waals surface area contributed by atoms with Crippen LogP contribution in [0.4, 0.5) is 0 Å². The van der Waals surface area contributed by atoms with Gasteiger partial charge in [-0.2, -0.15) is 0 Å². The molecule has 6 rings (SSSR count). The average molecular weight is 387 g/mol. The van der Waals surface area contributed by atoms with Crippen molar-refractivity contribution in [3.63, 3.8) is 0 Å². The molecular formula is C24H38N2O2. The van der Waals surface area contributed by atoms with Crippen molar-refractivity contribution < 1.29 is 9.59 Å². The molecule has 6 aliphatic rings. The summed E-state index contributed by atoms with van der Waals surface area (Å²) in [7, 11) is 0. The summed E-state index contributed by atoms with van der Waals surface area (Å²) in [6.45, 7) is 0. The van der Waals surface area contributed by atoms with E-state index in [-0.39, 0.29) is 10.8 Å². The Morgan fingerprint density at radius 3 is 1.46 bits per heavy atom. The first-order chi connectivity index (χ1) is 13.5. The third-order valence-corrected chi connectivity index (χ3v) is 8.82. The Morgan fingerprint density at radius 2 is 1.07 bits per heavy atom. The van der Waals surface area contributed by atoms with Crippen LogP contribution in [0.15, 0.2) is 0 Å². The van der Waals surface area contributed by atoms with Gasteiger partial charge in [0, 0.05) is 24.9 Å². The van der Waals surface area contributed by atoms with Crippen LogP contribution in [0.3, 0.4) is 0 Å². The van der Waals surface area contributed by atoms with Crippen LogP contribution in [0, 0.1) is 22.7 Å². The third kappa shape index (κ3) is 3.85. The van der Waals surface area contributed by atoms with Gasteiger partial charge in [-0.1, -0.05) is 25.7 Å². The van der Waals surface area contributed by atoms with Crippen molar-refractivity contribution in [2.75, 3.05) is 0 Å². The zero-order chi connectivity index (χ0) is 19.2. The van der Waals surface area contributed by atoms with Gasteiger partial charge in [-0.25, -0.2) is 0 Å². The Labute approximate surface area is 170 Å². The van der Waals surface area contributed by atoms with Gasteiger partial charge in [0.25, 0.3) is 0 Å². The zero-order valence-electron chi connectivity index (χ0n) is 17.4. The van der Waals surface area contributed by atoms with Crippen LogP contribution < -0.4 is 10.6 Å². The lowest BCUT2D eigenvalue weighted by atomic mass is 9.43. The van der Waals surface area contributed by atoms with E-state index in [0.717, 1.165) is 43.9 Å². The summed E-state index contributed by atoms with van der Waals surface area (Å²) >= 11 is 0. The second kappa shape index (κ2) is 7.32. The fraction of sp³-hybridized carbons (Fsp3) is 0.917. The number of rotatable bonds is 6. The van der Waals surface area contributed by atoms with Gasteiger partial charge < -0.3 is 10.6 Å². The minimum atomic E-state index is 0.181. The van der Waals surface area contributed by atoms with E-state index in [1.165, 1.54) is 57.8 Å². The molecule has 0 aromatic carbocycles. The molecule has 4 nitrogen and oxygen atoms in total. The topological polar surface area (TPSA) is 58.2 Å². The molecule has 0 aromatic rings. The maximum absolute atomic E-state index is 12.8. The van der Waals surface area contributed by atoms with E-state index in [1.54, 1.807) is 0 Å². The quantitative estimate of drug-likeness (QED) is 0.707. The first kappa shape index (κ1) is 18.9. The molecular weight excluding hydrogens is 348 g/mol. The molecule has 4 bridgehead atoms. The SMILES string of the molecule is O=C(CC12CC3CC(C1)CC(CC(=O)NC1CCCC1)(C3)C2)NC1CCCC1. The second-order valence-electron chi connectivity index (χ2n) is 11.4. The molecule has 0 aromatic heterocycles. The zero-order valence-corrected chi connectivity index (χ0v) is 17.4. The first-order valence-corrected chi connectivity index (χ1v) is 12.1. The van der Waals surface area contributed by atoms with Gasteiger partial charge in [-0.3, -0.25) is 9.59 Å². The Balaban J connectivity index is 1.24. The Hall–Kier alpha value is -1.06. The Kier molecular flexibility index (Phi) is 4.95. The largest absolute Gasteiger partial charge is 0.353 e. The lowest BCUT2D eigenvalue weighted by molar-refractivity contribution is -0.146. The summed E-state index contributed by atoms with van der Waals surface area (Å²) in [6.07, 6.45) is 18.5.